The van der Waals surface area contributed by atoms with E-state index in [0.29, 0.717) is 0 Å². The fourth-order valence-corrected chi connectivity index (χ4v) is 9.68. The third-order valence-electron chi connectivity index (χ3n) is 12.4. The van der Waals surface area contributed by atoms with Crippen molar-refractivity contribution < 1.29 is 0 Å². The summed E-state index contributed by atoms with van der Waals surface area (Å²) in [5, 5.41) is 7.33. The van der Waals surface area contributed by atoms with Gasteiger partial charge in [0.25, 0.3) is 0 Å². The number of fused-ring (bicyclic) bond motifs is 7. The summed E-state index contributed by atoms with van der Waals surface area (Å²) in [6.45, 7) is 4.71. The molecule has 0 amide bonds. The monoisotopic (exact) mass is 754 g/mol. The molecule has 0 aromatic heterocycles. The van der Waals surface area contributed by atoms with E-state index in [2.05, 4.69) is 242 Å². The summed E-state index contributed by atoms with van der Waals surface area (Å²) in [5.41, 5.74) is 14.6. The zero-order valence-electron chi connectivity index (χ0n) is 33.2. The third kappa shape index (κ3) is 5.63. The van der Waals surface area contributed by atoms with Crippen LogP contribution in [0.1, 0.15) is 25.0 Å². The summed E-state index contributed by atoms with van der Waals surface area (Å²) in [5.74, 6) is 0. The normalized spacial score (nSPS) is 12.7. The van der Waals surface area contributed by atoms with Crippen LogP contribution in [0.4, 0.5) is 34.1 Å². The summed E-state index contributed by atoms with van der Waals surface area (Å²) >= 11 is 0. The van der Waals surface area contributed by atoms with Gasteiger partial charge in [-0.1, -0.05) is 172 Å². The van der Waals surface area contributed by atoms with Crippen LogP contribution >= 0.6 is 0 Å². The van der Waals surface area contributed by atoms with E-state index in [-0.39, 0.29) is 5.41 Å². The largest absolute Gasteiger partial charge is 0.310 e. The molecule has 2 heteroatoms. The third-order valence-corrected chi connectivity index (χ3v) is 12.4. The van der Waals surface area contributed by atoms with Gasteiger partial charge in [-0.25, -0.2) is 0 Å². The van der Waals surface area contributed by atoms with Crippen LogP contribution in [0.5, 0.6) is 0 Å². The van der Waals surface area contributed by atoms with Crippen molar-refractivity contribution in [2.24, 2.45) is 0 Å². The highest BCUT2D eigenvalue weighted by Crippen LogP contribution is 2.52. The van der Waals surface area contributed by atoms with E-state index in [9.17, 15) is 0 Å². The molecule has 1 aliphatic rings. The fourth-order valence-electron chi connectivity index (χ4n) is 9.68. The minimum absolute atomic E-state index is 0.103. The Kier molecular flexibility index (Phi) is 8.20. The molecule has 0 atom stereocenters. The smallest absolute Gasteiger partial charge is 0.0546 e. The van der Waals surface area contributed by atoms with Crippen LogP contribution in [0.15, 0.2) is 218 Å². The molecule has 0 N–H and O–H groups in total. The first-order valence-corrected chi connectivity index (χ1v) is 20.5. The predicted octanol–water partition coefficient (Wildman–Crippen LogP) is 16.1. The lowest BCUT2D eigenvalue weighted by atomic mass is 9.82. The van der Waals surface area contributed by atoms with Crippen molar-refractivity contribution in [2.75, 3.05) is 9.80 Å². The molecule has 0 heterocycles. The Hall–Kier alpha value is -7.42. The first-order valence-electron chi connectivity index (χ1n) is 20.5. The molecule has 0 saturated heterocycles. The average Bonchev–Trinajstić information content (AvgIpc) is 3.52. The topological polar surface area (TPSA) is 6.48 Å². The molecule has 0 unspecified atom stereocenters. The molecule has 10 aromatic rings. The quantitative estimate of drug-likeness (QED) is 0.150. The van der Waals surface area contributed by atoms with Crippen molar-refractivity contribution in [1.82, 2.24) is 0 Å². The Morgan fingerprint density at radius 2 is 0.814 bits per heavy atom. The Bertz CT molecular complexity index is 3150. The van der Waals surface area contributed by atoms with E-state index >= 15 is 0 Å². The maximum atomic E-state index is 2.44. The second-order valence-electron chi connectivity index (χ2n) is 16.1. The standard InChI is InChI=1S/C57H42N2/c1-57(2)52-30-15-14-26-48(52)49-35-33-43(38-53(49)57)59(42-23-10-5-11-24-42)54-37-36-46(45-25-12-13-27-50(45)54)44-28-17-29-51-47(44)34-32-39-18-16-31-55(56(39)51)58(40-19-6-3-7-20-40)41-21-8-4-9-22-41/h3-38H,1-2H3. The number of anilines is 6. The van der Waals surface area contributed by atoms with Gasteiger partial charge >= 0.3 is 0 Å². The Labute approximate surface area is 345 Å². The lowest BCUT2D eigenvalue weighted by molar-refractivity contribution is 0.660. The van der Waals surface area contributed by atoms with Crippen LogP contribution in [0.25, 0.3) is 54.6 Å². The van der Waals surface area contributed by atoms with E-state index < -0.39 is 0 Å². The van der Waals surface area contributed by atoms with Crippen molar-refractivity contribution in [2.45, 2.75) is 19.3 Å². The number of hydrogen-bond donors (Lipinski definition) is 0. The summed E-state index contributed by atoms with van der Waals surface area (Å²) < 4.78 is 0. The molecule has 0 fully saturated rings. The number of nitrogens with zero attached hydrogens (tertiary/aromatic N) is 2. The summed E-state index contributed by atoms with van der Waals surface area (Å²) in [4.78, 5) is 4.83. The molecular weight excluding hydrogens is 713 g/mol. The van der Waals surface area contributed by atoms with E-state index in [1.165, 1.54) is 65.7 Å². The van der Waals surface area contributed by atoms with E-state index in [1.54, 1.807) is 0 Å². The lowest BCUT2D eigenvalue weighted by Crippen LogP contribution is -2.16. The van der Waals surface area contributed by atoms with Crippen LogP contribution in [-0.4, -0.2) is 0 Å². The van der Waals surface area contributed by atoms with Gasteiger partial charge in [-0.05, 0) is 116 Å². The van der Waals surface area contributed by atoms with E-state index in [0.717, 1.165) is 34.1 Å². The molecule has 11 rings (SSSR count). The van der Waals surface area contributed by atoms with Crippen molar-refractivity contribution >= 4 is 66.4 Å². The molecule has 0 saturated carbocycles. The van der Waals surface area contributed by atoms with Crippen LogP contribution < -0.4 is 9.80 Å². The van der Waals surface area contributed by atoms with Gasteiger partial charge in [-0.15, -0.1) is 0 Å². The fraction of sp³-hybridized carbons (Fsp3) is 0.0526. The van der Waals surface area contributed by atoms with Crippen LogP contribution in [0.3, 0.4) is 0 Å². The van der Waals surface area contributed by atoms with E-state index in [1.807, 2.05) is 0 Å². The highest BCUT2D eigenvalue weighted by atomic mass is 15.1. The number of para-hydroxylation sites is 3. The van der Waals surface area contributed by atoms with Gasteiger partial charge in [0, 0.05) is 38.9 Å². The van der Waals surface area contributed by atoms with Crippen molar-refractivity contribution in [3.8, 4) is 22.3 Å². The number of benzene rings is 10. The second-order valence-corrected chi connectivity index (χ2v) is 16.1. The number of rotatable bonds is 7. The zero-order valence-corrected chi connectivity index (χ0v) is 33.2. The highest BCUT2D eigenvalue weighted by Gasteiger charge is 2.36. The van der Waals surface area contributed by atoms with Crippen molar-refractivity contribution in [3.05, 3.63) is 230 Å². The number of hydrogen-bond acceptors (Lipinski definition) is 2. The second kappa shape index (κ2) is 13.9. The van der Waals surface area contributed by atoms with E-state index in [4.69, 9.17) is 0 Å². The van der Waals surface area contributed by atoms with Crippen molar-refractivity contribution in [1.29, 1.82) is 0 Å². The van der Waals surface area contributed by atoms with Gasteiger partial charge < -0.3 is 9.80 Å². The predicted molar refractivity (Wildman–Crippen MR) is 251 cm³/mol. The summed E-state index contributed by atoms with van der Waals surface area (Å²) in [6, 6.07) is 79.8. The van der Waals surface area contributed by atoms with Crippen LogP contribution in [0, 0.1) is 0 Å². The molecule has 280 valence electrons. The minimum atomic E-state index is -0.103. The van der Waals surface area contributed by atoms with Gasteiger partial charge in [0.2, 0.25) is 0 Å². The molecule has 2 nitrogen and oxygen atoms in total. The minimum Gasteiger partial charge on any atom is -0.310 e. The maximum Gasteiger partial charge on any atom is 0.0546 e. The molecule has 0 spiro atoms. The Morgan fingerprint density at radius 3 is 1.53 bits per heavy atom. The Balaban J connectivity index is 1.10. The van der Waals surface area contributed by atoms with Crippen molar-refractivity contribution in [3.63, 3.8) is 0 Å². The molecule has 0 radical (unpaired) electrons. The maximum absolute atomic E-state index is 2.44. The molecule has 1 aliphatic carbocycles. The summed E-state index contributed by atoms with van der Waals surface area (Å²) in [6.07, 6.45) is 0. The highest BCUT2D eigenvalue weighted by molar-refractivity contribution is 6.20. The SMILES string of the molecule is CC1(C)c2ccccc2-c2ccc(N(c3ccccc3)c3ccc(-c4cccc5c4ccc4cccc(N(c6ccccc6)c6ccccc6)c45)c4ccccc34)cc21. The average molecular weight is 755 g/mol. The van der Waals surface area contributed by atoms with Gasteiger partial charge in [0.15, 0.2) is 0 Å². The first-order chi connectivity index (χ1) is 29.1. The Morgan fingerprint density at radius 1 is 0.305 bits per heavy atom. The van der Waals surface area contributed by atoms with Crippen LogP contribution in [-0.2, 0) is 5.41 Å². The van der Waals surface area contributed by atoms with Gasteiger partial charge in [0.1, 0.15) is 0 Å². The molecule has 59 heavy (non-hydrogen) atoms. The molecular formula is C57H42N2. The lowest BCUT2D eigenvalue weighted by Gasteiger charge is -2.29. The van der Waals surface area contributed by atoms with Gasteiger partial charge in [0.05, 0.1) is 11.4 Å². The van der Waals surface area contributed by atoms with Crippen LogP contribution in [0.2, 0.25) is 0 Å². The summed E-state index contributed by atoms with van der Waals surface area (Å²) in [7, 11) is 0. The molecule has 0 bridgehead atoms. The van der Waals surface area contributed by atoms with Gasteiger partial charge in [-0.3, -0.25) is 0 Å². The van der Waals surface area contributed by atoms with Gasteiger partial charge in [-0.2, -0.15) is 0 Å². The zero-order chi connectivity index (χ0) is 39.5. The first kappa shape index (κ1) is 34.8. The molecule has 0 aliphatic heterocycles. The molecule has 10 aromatic carbocycles.